The molecule has 0 radical (unpaired) electrons. The Morgan fingerprint density at radius 1 is 0.923 bits per heavy atom. The third-order valence-corrected chi connectivity index (χ3v) is 4.69. The van der Waals surface area contributed by atoms with Crippen molar-refractivity contribution in [2.24, 2.45) is 0 Å². The first-order chi connectivity index (χ1) is 12.6. The third-order valence-electron chi connectivity index (χ3n) is 4.69. The average Bonchev–Trinajstić information content (AvgIpc) is 2.69. The highest BCUT2D eigenvalue weighted by atomic mass is 19.1. The standard InChI is InChI=1S/C21H24FNO3/c1-24-19-13-21(26-3)20(25-2)12-17(19)14-23-10-8-16(9-11-23)15-4-6-18(22)7-5-15/h4-8,12-13H,9-11,14H2,1-3H3. The Morgan fingerprint density at radius 3 is 2.15 bits per heavy atom. The Morgan fingerprint density at radius 2 is 1.58 bits per heavy atom. The summed E-state index contributed by atoms with van der Waals surface area (Å²) in [6.07, 6.45) is 3.14. The Kier molecular flexibility index (Phi) is 5.78. The molecule has 26 heavy (non-hydrogen) atoms. The number of hydrogen-bond donors (Lipinski definition) is 0. The molecule has 2 aromatic carbocycles. The van der Waals surface area contributed by atoms with Crippen LogP contribution in [0, 0.1) is 5.82 Å². The van der Waals surface area contributed by atoms with E-state index in [9.17, 15) is 4.39 Å². The van der Waals surface area contributed by atoms with Crippen molar-refractivity contribution in [2.45, 2.75) is 13.0 Å². The molecular weight excluding hydrogens is 333 g/mol. The summed E-state index contributed by atoms with van der Waals surface area (Å²) in [7, 11) is 4.91. The van der Waals surface area contributed by atoms with Crippen LogP contribution >= 0.6 is 0 Å². The van der Waals surface area contributed by atoms with E-state index in [1.807, 2.05) is 24.3 Å². The minimum Gasteiger partial charge on any atom is -0.496 e. The zero-order chi connectivity index (χ0) is 18.5. The quantitative estimate of drug-likeness (QED) is 0.777. The van der Waals surface area contributed by atoms with Crippen molar-refractivity contribution in [3.05, 3.63) is 59.4 Å². The van der Waals surface area contributed by atoms with Crippen LogP contribution in [0.5, 0.6) is 17.2 Å². The number of nitrogens with zero attached hydrogens (tertiary/aromatic N) is 1. The second kappa shape index (κ2) is 8.23. The summed E-state index contributed by atoms with van der Waals surface area (Å²) in [5, 5.41) is 0. The summed E-state index contributed by atoms with van der Waals surface area (Å²) in [4.78, 5) is 2.34. The number of ether oxygens (including phenoxy) is 3. The lowest BCUT2D eigenvalue weighted by Crippen LogP contribution is -2.28. The first-order valence-electron chi connectivity index (χ1n) is 8.60. The zero-order valence-corrected chi connectivity index (χ0v) is 15.4. The summed E-state index contributed by atoms with van der Waals surface area (Å²) in [6.45, 7) is 2.53. The predicted molar refractivity (Wildman–Crippen MR) is 100 cm³/mol. The van der Waals surface area contributed by atoms with E-state index in [2.05, 4.69) is 11.0 Å². The fourth-order valence-corrected chi connectivity index (χ4v) is 3.24. The summed E-state index contributed by atoms with van der Waals surface area (Å²) in [6, 6.07) is 10.5. The number of benzene rings is 2. The summed E-state index contributed by atoms with van der Waals surface area (Å²) in [5.41, 5.74) is 3.42. The topological polar surface area (TPSA) is 30.9 Å². The minimum absolute atomic E-state index is 0.202. The number of halogens is 1. The van der Waals surface area contributed by atoms with Gasteiger partial charge in [-0.15, -0.1) is 0 Å². The van der Waals surface area contributed by atoms with Gasteiger partial charge in [0.1, 0.15) is 11.6 Å². The predicted octanol–water partition coefficient (Wildman–Crippen LogP) is 4.14. The van der Waals surface area contributed by atoms with Crippen molar-refractivity contribution < 1.29 is 18.6 Å². The van der Waals surface area contributed by atoms with Crippen LogP contribution in [0.2, 0.25) is 0 Å². The lowest BCUT2D eigenvalue weighted by atomic mass is 9.99. The molecule has 138 valence electrons. The highest BCUT2D eigenvalue weighted by Gasteiger charge is 2.17. The molecule has 0 amide bonds. The van der Waals surface area contributed by atoms with Gasteiger partial charge in [-0.05, 0) is 35.8 Å². The molecule has 0 saturated heterocycles. The first kappa shape index (κ1) is 18.3. The maximum absolute atomic E-state index is 13.1. The largest absolute Gasteiger partial charge is 0.496 e. The van der Waals surface area contributed by atoms with E-state index in [1.54, 1.807) is 21.3 Å². The van der Waals surface area contributed by atoms with Gasteiger partial charge in [0, 0.05) is 31.3 Å². The lowest BCUT2D eigenvalue weighted by Gasteiger charge is -2.27. The summed E-state index contributed by atoms with van der Waals surface area (Å²) >= 11 is 0. The van der Waals surface area contributed by atoms with Crippen molar-refractivity contribution in [3.8, 4) is 17.2 Å². The van der Waals surface area contributed by atoms with Crippen LogP contribution in [-0.4, -0.2) is 39.3 Å². The fourth-order valence-electron chi connectivity index (χ4n) is 3.24. The van der Waals surface area contributed by atoms with Gasteiger partial charge in [0.2, 0.25) is 0 Å². The van der Waals surface area contributed by atoms with Crippen molar-refractivity contribution in [3.63, 3.8) is 0 Å². The summed E-state index contributed by atoms with van der Waals surface area (Å²) < 4.78 is 29.4. The molecule has 0 saturated carbocycles. The number of hydrogen-bond acceptors (Lipinski definition) is 4. The molecule has 0 atom stereocenters. The average molecular weight is 357 g/mol. The molecule has 1 aliphatic heterocycles. The second-order valence-corrected chi connectivity index (χ2v) is 6.24. The van der Waals surface area contributed by atoms with Crippen molar-refractivity contribution in [1.29, 1.82) is 0 Å². The van der Waals surface area contributed by atoms with Gasteiger partial charge in [-0.2, -0.15) is 0 Å². The SMILES string of the molecule is COc1cc(OC)c(OC)cc1CN1CC=C(c2ccc(F)cc2)CC1. The molecule has 1 aliphatic rings. The van der Waals surface area contributed by atoms with E-state index >= 15 is 0 Å². The minimum atomic E-state index is -0.202. The van der Waals surface area contributed by atoms with E-state index in [1.165, 1.54) is 17.7 Å². The smallest absolute Gasteiger partial charge is 0.164 e. The zero-order valence-electron chi connectivity index (χ0n) is 15.4. The van der Waals surface area contributed by atoms with Crippen LogP contribution < -0.4 is 14.2 Å². The van der Waals surface area contributed by atoms with Gasteiger partial charge in [0.05, 0.1) is 21.3 Å². The van der Waals surface area contributed by atoms with E-state index in [0.717, 1.165) is 42.9 Å². The molecule has 2 aromatic rings. The van der Waals surface area contributed by atoms with E-state index in [4.69, 9.17) is 14.2 Å². The maximum Gasteiger partial charge on any atom is 0.164 e. The molecule has 0 spiro atoms. The van der Waals surface area contributed by atoms with Crippen molar-refractivity contribution in [1.82, 2.24) is 4.90 Å². The van der Waals surface area contributed by atoms with Crippen molar-refractivity contribution in [2.75, 3.05) is 34.4 Å². The normalized spacial score (nSPS) is 14.7. The Hall–Kier alpha value is -2.53. The van der Waals surface area contributed by atoms with Crippen LogP contribution in [0.4, 0.5) is 4.39 Å². The van der Waals surface area contributed by atoms with Gasteiger partial charge in [-0.1, -0.05) is 18.2 Å². The monoisotopic (exact) mass is 357 g/mol. The number of rotatable bonds is 6. The Bertz CT molecular complexity index is 787. The van der Waals surface area contributed by atoms with Crippen LogP contribution in [-0.2, 0) is 6.54 Å². The molecule has 0 N–H and O–H groups in total. The molecule has 0 aliphatic carbocycles. The van der Waals surface area contributed by atoms with Gasteiger partial charge >= 0.3 is 0 Å². The molecule has 0 fully saturated rings. The van der Waals surface area contributed by atoms with Gasteiger partial charge in [0.15, 0.2) is 11.5 Å². The molecule has 0 aromatic heterocycles. The van der Waals surface area contributed by atoms with Crippen LogP contribution in [0.1, 0.15) is 17.5 Å². The third kappa shape index (κ3) is 3.99. The number of methoxy groups -OCH3 is 3. The van der Waals surface area contributed by atoms with Gasteiger partial charge in [-0.25, -0.2) is 4.39 Å². The van der Waals surface area contributed by atoms with Crippen LogP contribution in [0.25, 0.3) is 5.57 Å². The second-order valence-electron chi connectivity index (χ2n) is 6.24. The summed E-state index contributed by atoms with van der Waals surface area (Å²) in [5.74, 6) is 1.94. The Labute approximate surface area is 153 Å². The fraction of sp³-hybridized carbons (Fsp3) is 0.333. The molecule has 0 bridgehead atoms. The molecule has 5 heteroatoms. The first-order valence-corrected chi connectivity index (χ1v) is 8.60. The molecule has 4 nitrogen and oxygen atoms in total. The molecule has 1 heterocycles. The Balaban J connectivity index is 1.73. The van der Waals surface area contributed by atoms with Crippen molar-refractivity contribution >= 4 is 5.57 Å². The molecular formula is C21H24FNO3. The van der Waals surface area contributed by atoms with Crippen LogP contribution in [0.3, 0.4) is 0 Å². The molecule has 3 rings (SSSR count). The highest BCUT2D eigenvalue weighted by molar-refractivity contribution is 5.66. The van der Waals surface area contributed by atoms with E-state index in [0.29, 0.717) is 11.5 Å². The van der Waals surface area contributed by atoms with Gasteiger partial charge in [-0.3, -0.25) is 4.90 Å². The van der Waals surface area contributed by atoms with E-state index in [-0.39, 0.29) is 5.82 Å². The molecule has 0 unspecified atom stereocenters. The lowest BCUT2D eigenvalue weighted by molar-refractivity contribution is 0.285. The highest BCUT2D eigenvalue weighted by Crippen LogP contribution is 2.35. The van der Waals surface area contributed by atoms with E-state index < -0.39 is 0 Å². The van der Waals surface area contributed by atoms with Gasteiger partial charge < -0.3 is 14.2 Å². The van der Waals surface area contributed by atoms with Gasteiger partial charge in [0.25, 0.3) is 0 Å². The van der Waals surface area contributed by atoms with Crippen LogP contribution in [0.15, 0.2) is 42.5 Å². The maximum atomic E-state index is 13.1.